The van der Waals surface area contributed by atoms with E-state index in [-0.39, 0.29) is 0 Å². The maximum absolute atomic E-state index is 5.04. The lowest BCUT2D eigenvalue weighted by molar-refractivity contribution is 1.29. The van der Waals surface area contributed by atoms with Crippen LogP contribution in [0.25, 0.3) is 74.3 Å². The van der Waals surface area contributed by atoms with Gasteiger partial charge in [0, 0.05) is 42.8 Å². The van der Waals surface area contributed by atoms with E-state index in [1.54, 1.807) is 11.3 Å². The molecule has 10 aromatic rings. The summed E-state index contributed by atoms with van der Waals surface area (Å²) in [5.74, 6) is 0. The molecule has 2 heterocycles. The summed E-state index contributed by atoms with van der Waals surface area (Å²) in [7, 11) is 0. The summed E-state index contributed by atoms with van der Waals surface area (Å²) in [4.78, 5) is 7.45. The fourth-order valence-corrected chi connectivity index (χ4v) is 9.39. The van der Waals surface area contributed by atoms with Crippen molar-refractivity contribution in [1.82, 2.24) is 4.98 Å². The molecule has 10 rings (SSSR count). The van der Waals surface area contributed by atoms with Crippen LogP contribution in [-0.4, -0.2) is 4.98 Å². The molecule has 0 aliphatic rings. The minimum absolute atomic E-state index is 1.06. The van der Waals surface area contributed by atoms with Crippen molar-refractivity contribution in [3.05, 3.63) is 194 Å². The Morgan fingerprint density at radius 1 is 0.321 bits per heavy atom. The number of benzene rings is 8. The largest absolute Gasteiger partial charge is 0.310 e. The van der Waals surface area contributed by atoms with Gasteiger partial charge in [-0.05, 0) is 88.0 Å². The molecule has 0 atom stereocenters. The van der Waals surface area contributed by atoms with Gasteiger partial charge in [0.25, 0.3) is 0 Å². The van der Waals surface area contributed by atoms with Gasteiger partial charge >= 0.3 is 0 Å². The molecule has 0 unspecified atom stereocenters. The lowest BCUT2D eigenvalue weighted by Gasteiger charge is -2.27. The van der Waals surface area contributed by atoms with Gasteiger partial charge in [-0.3, -0.25) is 0 Å². The van der Waals surface area contributed by atoms with Crippen LogP contribution < -0.4 is 4.90 Å². The Bertz CT molecular complexity index is 2800. The number of fused-ring (bicyclic) bond motifs is 4. The summed E-state index contributed by atoms with van der Waals surface area (Å²) in [6, 6.07) is 69.9. The molecule has 8 aromatic carbocycles. The van der Waals surface area contributed by atoms with E-state index in [0.717, 1.165) is 33.1 Å². The van der Waals surface area contributed by atoms with Crippen molar-refractivity contribution in [2.24, 2.45) is 0 Å². The minimum atomic E-state index is 1.06. The normalized spacial score (nSPS) is 11.4. The second-order valence-electron chi connectivity index (χ2n) is 13.2. The van der Waals surface area contributed by atoms with Gasteiger partial charge in [0.15, 0.2) is 0 Å². The van der Waals surface area contributed by atoms with Gasteiger partial charge in [-0.2, -0.15) is 0 Å². The Morgan fingerprint density at radius 2 is 0.830 bits per heavy atom. The fourth-order valence-electron chi connectivity index (χ4n) is 7.24. The average molecular weight is 713 g/mol. The number of anilines is 3. The van der Waals surface area contributed by atoms with E-state index in [0.29, 0.717) is 0 Å². The number of aromatic nitrogens is 1. The van der Waals surface area contributed by atoms with Crippen LogP contribution >= 0.6 is 22.7 Å². The van der Waals surface area contributed by atoms with Crippen molar-refractivity contribution in [2.75, 3.05) is 4.90 Å². The van der Waals surface area contributed by atoms with Crippen molar-refractivity contribution < 1.29 is 0 Å². The number of rotatable bonds is 7. The molecule has 0 aliphatic carbocycles. The van der Waals surface area contributed by atoms with E-state index in [2.05, 4.69) is 199 Å². The first kappa shape index (κ1) is 31.4. The zero-order valence-corrected chi connectivity index (χ0v) is 30.3. The van der Waals surface area contributed by atoms with Gasteiger partial charge in [-0.15, -0.1) is 22.7 Å². The summed E-state index contributed by atoms with van der Waals surface area (Å²) in [5.41, 5.74) is 12.7. The van der Waals surface area contributed by atoms with Crippen LogP contribution in [0.15, 0.2) is 194 Å². The highest BCUT2D eigenvalue weighted by molar-refractivity contribution is 7.26. The van der Waals surface area contributed by atoms with Crippen LogP contribution in [0.5, 0.6) is 0 Å². The van der Waals surface area contributed by atoms with Crippen molar-refractivity contribution in [2.45, 2.75) is 0 Å². The number of hydrogen-bond acceptors (Lipinski definition) is 4. The number of nitrogens with zero attached hydrogens (tertiary/aromatic N) is 2. The SMILES string of the molecule is c1ccc(-c2ccc(N(c3cc(-c4ccccc4)cc(-c4ccccc4)c3)c3ccc4c(c3)sc3cc5nc(-c6ccccc6)sc5cc34)cc2)cc1. The van der Waals surface area contributed by atoms with Gasteiger partial charge in [0.1, 0.15) is 5.01 Å². The van der Waals surface area contributed by atoms with Gasteiger partial charge < -0.3 is 4.90 Å². The summed E-state index contributed by atoms with van der Waals surface area (Å²) < 4.78 is 3.73. The maximum Gasteiger partial charge on any atom is 0.124 e. The lowest BCUT2D eigenvalue weighted by Crippen LogP contribution is -2.10. The average Bonchev–Trinajstić information content (AvgIpc) is 3.82. The first-order chi connectivity index (χ1) is 26.2. The van der Waals surface area contributed by atoms with Crippen LogP contribution in [-0.2, 0) is 0 Å². The monoisotopic (exact) mass is 712 g/mol. The molecule has 250 valence electrons. The molecule has 0 radical (unpaired) electrons. The Balaban J connectivity index is 1.14. The highest BCUT2D eigenvalue weighted by Gasteiger charge is 2.18. The Hall–Kier alpha value is -6.33. The quantitative estimate of drug-likeness (QED) is 0.164. The third kappa shape index (κ3) is 5.98. The Kier molecular flexibility index (Phi) is 7.90. The first-order valence-electron chi connectivity index (χ1n) is 17.8. The topological polar surface area (TPSA) is 16.1 Å². The van der Waals surface area contributed by atoms with Crippen molar-refractivity contribution >= 4 is 70.1 Å². The van der Waals surface area contributed by atoms with Gasteiger partial charge in [-0.25, -0.2) is 4.98 Å². The second kappa shape index (κ2) is 13.3. The van der Waals surface area contributed by atoms with Gasteiger partial charge in [0.05, 0.1) is 10.2 Å². The fraction of sp³-hybridized carbons (Fsp3) is 0. The number of thiophene rings is 1. The molecular formula is C49H32N2S2. The molecular weight excluding hydrogens is 681 g/mol. The molecule has 0 fully saturated rings. The van der Waals surface area contributed by atoms with Crippen LogP contribution in [0, 0.1) is 0 Å². The Morgan fingerprint density at radius 3 is 1.43 bits per heavy atom. The molecule has 0 saturated heterocycles. The molecule has 2 aromatic heterocycles. The summed E-state index contributed by atoms with van der Waals surface area (Å²) in [6.07, 6.45) is 0. The molecule has 0 saturated carbocycles. The van der Waals surface area contributed by atoms with Crippen LogP contribution in [0.3, 0.4) is 0 Å². The highest BCUT2D eigenvalue weighted by atomic mass is 32.1. The van der Waals surface area contributed by atoms with Crippen molar-refractivity contribution in [1.29, 1.82) is 0 Å². The maximum atomic E-state index is 5.04. The van der Waals surface area contributed by atoms with Crippen LogP contribution in [0.2, 0.25) is 0 Å². The van der Waals surface area contributed by atoms with Crippen molar-refractivity contribution in [3.63, 3.8) is 0 Å². The Labute approximate surface area is 316 Å². The highest BCUT2D eigenvalue weighted by Crippen LogP contribution is 2.44. The summed E-state index contributed by atoms with van der Waals surface area (Å²) in [6.45, 7) is 0. The van der Waals surface area contributed by atoms with Crippen LogP contribution in [0.4, 0.5) is 17.1 Å². The van der Waals surface area contributed by atoms with E-state index in [9.17, 15) is 0 Å². The second-order valence-corrected chi connectivity index (χ2v) is 15.3. The van der Waals surface area contributed by atoms with E-state index in [4.69, 9.17) is 4.98 Å². The molecule has 0 N–H and O–H groups in total. The third-order valence-electron chi connectivity index (χ3n) is 9.87. The van der Waals surface area contributed by atoms with Gasteiger partial charge in [0.2, 0.25) is 0 Å². The van der Waals surface area contributed by atoms with E-state index >= 15 is 0 Å². The van der Waals surface area contributed by atoms with E-state index in [1.165, 1.54) is 58.3 Å². The van der Waals surface area contributed by atoms with E-state index < -0.39 is 0 Å². The first-order valence-corrected chi connectivity index (χ1v) is 19.4. The zero-order valence-electron chi connectivity index (χ0n) is 28.7. The zero-order chi connectivity index (χ0) is 35.1. The molecule has 0 bridgehead atoms. The predicted octanol–water partition coefficient (Wildman–Crippen LogP) is 14.8. The minimum Gasteiger partial charge on any atom is -0.310 e. The summed E-state index contributed by atoms with van der Waals surface area (Å²) in [5, 5.41) is 3.61. The molecule has 0 amide bonds. The summed E-state index contributed by atoms with van der Waals surface area (Å²) >= 11 is 3.60. The van der Waals surface area contributed by atoms with Crippen LogP contribution in [0.1, 0.15) is 0 Å². The van der Waals surface area contributed by atoms with Gasteiger partial charge in [-0.1, -0.05) is 140 Å². The number of hydrogen-bond donors (Lipinski definition) is 0. The molecule has 53 heavy (non-hydrogen) atoms. The smallest absolute Gasteiger partial charge is 0.124 e. The molecule has 2 nitrogen and oxygen atoms in total. The molecule has 4 heteroatoms. The standard InChI is InChI=1S/C49H32N2S2/c1-5-13-33(14-6-1)36-21-23-40(24-22-36)51(42-28-38(34-15-7-2-8-16-34)27-39(29-42)35-17-9-3-10-18-35)41-25-26-43-44-31-48-45(32-47(44)52-46(43)30-41)50-49(53-48)37-19-11-4-12-20-37/h1-32H. The van der Waals surface area contributed by atoms with Crippen molar-refractivity contribution in [3.8, 4) is 44.0 Å². The predicted molar refractivity (Wildman–Crippen MR) is 229 cm³/mol. The molecule has 0 spiro atoms. The van der Waals surface area contributed by atoms with E-state index in [1.807, 2.05) is 11.3 Å². The molecule has 0 aliphatic heterocycles. The lowest BCUT2D eigenvalue weighted by atomic mass is 9.97. The number of thiazole rings is 1. The third-order valence-corrected chi connectivity index (χ3v) is 12.0.